The third-order valence-corrected chi connectivity index (χ3v) is 2.44. The van der Waals surface area contributed by atoms with E-state index in [1.54, 1.807) is 13.0 Å². The fourth-order valence-electron chi connectivity index (χ4n) is 1.45. The molecule has 0 fully saturated rings. The Morgan fingerprint density at radius 3 is 2.65 bits per heavy atom. The number of hydrogen-bond acceptors (Lipinski definition) is 6. The highest BCUT2D eigenvalue weighted by Crippen LogP contribution is 2.12. The summed E-state index contributed by atoms with van der Waals surface area (Å²) in [6.45, 7) is 6.46. The van der Waals surface area contributed by atoms with E-state index in [1.807, 2.05) is 13.8 Å². The van der Waals surface area contributed by atoms with Crippen LogP contribution in [-0.2, 0) is 0 Å². The lowest BCUT2D eigenvalue weighted by molar-refractivity contribution is 0.0943. The van der Waals surface area contributed by atoms with Crippen molar-refractivity contribution in [3.63, 3.8) is 0 Å². The van der Waals surface area contributed by atoms with Gasteiger partial charge in [-0.3, -0.25) is 4.79 Å². The van der Waals surface area contributed by atoms with Gasteiger partial charge in [0, 0.05) is 12.6 Å². The maximum absolute atomic E-state index is 11.8. The van der Waals surface area contributed by atoms with Crippen LogP contribution in [0.5, 0.6) is 0 Å². The van der Waals surface area contributed by atoms with Gasteiger partial charge in [0.05, 0.1) is 12.4 Å². The lowest BCUT2D eigenvalue weighted by Gasteiger charge is -2.07. The summed E-state index contributed by atoms with van der Waals surface area (Å²) in [4.78, 5) is 19.9. The fourth-order valence-corrected chi connectivity index (χ4v) is 1.45. The molecule has 0 atom stereocenters. The molecule has 0 saturated carbocycles. The number of aryl methyl sites for hydroxylation is 1. The molecule has 20 heavy (non-hydrogen) atoms. The first-order valence-corrected chi connectivity index (χ1v) is 6.35. The van der Waals surface area contributed by atoms with E-state index in [2.05, 4.69) is 25.8 Å². The Morgan fingerprint density at radius 1 is 1.30 bits per heavy atom. The van der Waals surface area contributed by atoms with Crippen LogP contribution >= 0.6 is 0 Å². The lowest BCUT2D eigenvalue weighted by atomic mass is 10.2. The second-order valence-corrected chi connectivity index (χ2v) is 4.84. The van der Waals surface area contributed by atoms with Crippen LogP contribution < -0.4 is 10.6 Å². The molecule has 0 aliphatic rings. The van der Waals surface area contributed by atoms with E-state index >= 15 is 0 Å². The van der Waals surface area contributed by atoms with E-state index < -0.39 is 0 Å². The number of nitrogens with zero attached hydrogens (tertiary/aromatic N) is 3. The van der Waals surface area contributed by atoms with Crippen molar-refractivity contribution in [3.8, 4) is 0 Å². The molecule has 106 valence electrons. The molecule has 2 heterocycles. The zero-order valence-corrected chi connectivity index (χ0v) is 11.7. The summed E-state index contributed by atoms with van der Waals surface area (Å²) in [5.41, 5.74) is 0.285. The molecule has 0 spiro atoms. The number of amides is 1. The molecule has 0 saturated heterocycles. The first kappa shape index (κ1) is 14.0. The van der Waals surface area contributed by atoms with Gasteiger partial charge in [-0.05, 0) is 12.8 Å². The van der Waals surface area contributed by atoms with Gasteiger partial charge in [0.15, 0.2) is 5.82 Å². The molecule has 0 radical (unpaired) electrons. The van der Waals surface area contributed by atoms with Crippen LogP contribution in [0.1, 0.15) is 30.1 Å². The zero-order chi connectivity index (χ0) is 14.5. The summed E-state index contributed by atoms with van der Waals surface area (Å²) in [6.07, 6.45) is 2.90. The van der Waals surface area contributed by atoms with Gasteiger partial charge >= 0.3 is 0 Å². The van der Waals surface area contributed by atoms with Gasteiger partial charge in [0.1, 0.15) is 17.3 Å². The predicted octanol–water partition coefficient (Wildman–Crippen LogP) is 1.90. The molecular weight excluding hydrogens is 258 g/mol. The smallest absolute Gasteiger partial charge is 0.271 e. The van der Waals surface area contributed by atoms with Gasteiger partial charge in [0.25, 0.3) is 5.91 Å². The van der Waals surface area contributed by atoms with Gasteiger partial charge < -0.3 is 15.2 Å². The standard InChI is InChI=1S/C13H17N5O2/c1-8(2)5-16-13(19)10-6-15-12(7-14-10)17-11-4-9(3)20-18-11/h4,6-8H,5H2,1-3H3,(H,16,19)(H,15,17,18). The Bertz CT molecular complexity index is 577. The van der Waals surface area contributed by atoms with Crippen molar-refractivity contribution in [1.29, 1.82) is 0 Å². The first-order valence-electron chi connectivity index (χ1n) is 6.35. The minimum Gasteiger partial charge on any atom is -0.360 e. The Kier molecular flexibility index (Phi) is 4.29. The van der Waals surface area contributed by atoms with Crippen molar-refractivity contribution >= 4 is 17.5 Å². The molecule has 0 bridgehead atoms. The van der Waals surface area contributed by atoms with Gasteiger partial charge in [-0.2, -0.15) is 0 Å². The number of aromatic nitrogens is 3. The molecule has 0 aromatic carbocycles. The molecular formula is C13H17N5O2. The van der Waals surface area contributed by atoms with Crippen LogP contribution in [0.4, 0.5) is 11.6 Å². The maximum atomic E-state index is 11.8. The molecule has 2 aromatic rings. The summed E-state index contributed by atoms with van der Waals surface area (Å²) < 4.78 is 4.93. The van der Waals surface area contributed by atoms with E-state index in [1.165, 1.54) is 12.4 Å². The molecule has 1 amide bonds. The predicted molar refractivity (Wildman–Crippen MR) is 73.7 cm³/mol. The van der Waals surface area contributed by atoms with Crippen molar-refractivity contribution in [3.05, 3.63) is 29.9 Å². The normalized spacial score (nSPS) is 10.6. The Morgan fingerprint density at radius 2 is 2.10 bits per heavy atom. The first-order chi connectivity index (χ1) is 9.54. The maximum Gasteiger partial charge on any atom is 0.271 e. The summed E-state index contributed by atoms with van der Waals surface area (Å²) in [5, 5.41) is 9.50. The van der Waals surface area contributed by atoms with E-state index in [0.717, 1.165) is 0 Å². The fraction of sp³-hybridized carbons (Fsp3) is 0.385. The largest absolute Gasteiger partial charge is 0.360 e. The van der Waals surface area contributed by atoms with Crippen LogP contribution in [0.25, 0.3) is 0 Å². The van der Waals surface area contributed by atoms with Crippen molar-refractivity contribution in [2.24, 2.45) is 5.92 Å². The second-order valence-electron chi connectivity index (χ2n) is 4.84. The van der Waals surface area contributed by atoms with E-state index in [9.17, 15) is 4.79 Å². The number of carbonyl (C=O) groups is 1. The van der Waals surface area contributed by atoms with Crippen LogP contribution in [0, 0.1) is 12.8 Å². The van der Waals surface area contributed by atoms with E-state index in [4.69, 9.17) is 4.52 Å². The monoisotopic (exact) mass is 275 g/mol. The van der Waals surface area contributed by atoms with Crippen molar-refractivity contribution in [2.75, 3.05) is 11.9 Å². The summed E-state index contributed by atoms with van der Waals surface area (Å²) in [5.74, 6) is 1.91. The molecule has 7 heteroatoms. The lowest BCUT2D eigenvalue weighted by Crippen LogP contribution is -2.28. The second kappa shape index (κ2) is 6.14. The third kappa shape index (κ3) is 3.78. The third-order valence-electron chi connectivity index (χ3n) is 2.44. The van der Waals surface area contributed by atoms with Crippen LogP contribution in [0.3, 0.4) is 0 Å². The molecule has 2 N–H and O–H groups in total. The molecule has 0 aliphatic carbocycles. The minimum absolute atomic E-state index is 0.227. The van der Waals surface area contributed by atoms with Crippen molar-refractivity contribution in [2.45, 2.75) is 20.8 Å². The molecule has 7 nitrogen and oxygen atoms in total. The van der Waals surface area contributed by atoms with Gasteiger partial charge in [-0.25, -0.2) is 9.97 Å². The molecule has 2 rings (SSSR count). The molecule has 0 aliphatic heterocycles. The number of anilines is 2. The number of hydrogen-bond donors (Lipinski definition) is 2. The van der Waals surface area contributed by atoms with Gasteiger partial charge in [0.2, 0.25) is 0 Å². The number of nitrogens with one attached hydrogen (secondary N) is 2. The highest BCUT2D eigenvalue weighted by Gasteiger charge is 2.09. The van der Waals surface area contributed by atoms with Crippen LogP contribution in [0.15, 0.2) is 23.0 Å². The summed E-state index contributed by atoms with van der Waals surface area (Å²) in [6, 6.07) is 1.74. The Labute approximate surface area is 116 Å². The highest BCUT2D eigenvalue weighted by atomic mass is 16.5. The van der Waals surface area contributed by atoms with Gasteiger partial charge in [-0.1, -0.05) is 19.0 Å². The van der Waals surface area contributed by atoms with Crippen LogP contribution in [0.2, 0.25) is 0 Å². The summed E-state index contributed by atoms with van der Waals surface area (Å²) in [7, 11) is 0. The molecule has 2 aromatic heterocycles. The summed E-state index contributed by atoms with van der Waals surface area (Å²) >= 11 is 0. The topological polar surface area (TPSA) is 92.9 Å². The average Bonchev–Trinajstić information content (AvgIpc) is 2.82. The van der Waals surface area contributed by atoms with E-state index in [-0.39, 0.29) is 11.6 Å². The quantitative estimate of drug-likeness (QED) is 0.865. The van der Waals surface area contributed by atoms with Crippen molar-refractivity contribution in [1.82, 2.24) is 20.4 Å². The van der Waals surface area contributed by atoms with Gasteiger partial charge in [-0.15, -0.1) is 0 Å². The molecule has 0 unspecified atom stereocenters. The zero-order valence-electron chi connectivity index (χ0n) is 11.7. The highest BCUT2D eigenvalue weighted by molar-refractivity contribution is 5.92. The van der Waals surface area contributed by atoms with Crippen LogP contribution in [-0.4, -0.2) is 27.6 Å². The minimum atomic E-state index is -0.227. The van der Waals surface area contributed by atoms with E-state index in [0.29, 0.717) is 29.9 Å². The Hall–Kier alpha value is -2.44. The number of rotatable bonds is 5. The average molecular weight is 275 g/mol. The van der Waals surface area contributed by atoms with Crippen molar-refractivity contribution < 1.29 is 9.32 Å². The number of carbonyl (C=O) groups excluding carboxylic acids is 1. The Balaban J connectivity index is 1.97. The SMILES string of the molecule is Cc1cc(Nc2cnc(C(=O)NCC(C)C)cn2)no1.